The van der Waals surface area contributed by atoms with Crippen LogP contribution < -0.4 is 10.1 Å². The van der Waals surface area contributed by atoms with Crippen LogP contribution in [0.25, 0.3) is 11.5 Å². The van der Waals surface area contributed by atoms with Gasteiger partial charge in [0, 0.05) is 11.6 Å². The third kappa shape index (κ3) is 4.18. The lowest BCUT2D eigenvalue weighted by Crippen LogP contribution is -2.22. The minimum Gasteiger partial charge on any atom is -0.497 e. The number of rotatable bonds is 6. The van der Waals surface area contributed by atoms with Crippen LogP contribution in [-0.2, 0) is 4.79 Å². The standard InChI is InChI=1S/C16H16N4O4S/c1-9-8-13(20-24-9)17-14(21)10(2)25-16-19-18-15(23-16)11-4-6-12(22-3)7-5-11/h4-8,10H,1-3H3,(H,17,20,21). The molecule has 3 rings (SSSR count). The molecule has 0 aliphatic rings. The van der Waals surface area contributed by atoms with E-state index in [1.807, 2.05) is 24.3 Å². The third-order valence-corrected chi connectivity index (χ3v) is 4.20. The molecule has 130 valence electrons. The molecule has 1 unspecified atom stereocenters. The Labute approximate surface area is 147 Å². The summed E-state index contributed by atoms with van der Waals surface area (Å²) < 4.78 is 15.6. The number of methoxy groups -OCH3 is 1. The van der Waals surface area contributed by atoms with Crippen LogP contribution in [0.3, 0.4) is 0 Å². The number of nitrogens with one attached hydrogen (secondary N) is 1. The van der Waals surface area contributed by atoms with Crippen LogP contribution in [0.4, 0.5) is 5.82 Å². The number of hydrogen-bond acceptors (Lipinski definition) is 8. The first-order valence-electron chi connectivity index (χ1n) is 7.44. The van der Waals surface area contributed by atoms with Crippen molar-refractivity contribution in [2.75, 3.05) is 12.4 Å². The largest absolute Gasteiger partial charge is 0.497 e. The molecule has 9 heteroatoms. The highest BCUT2D eigenvalue weighted by molar-refractivity contribution is 8.00. The van der Waals surface area contributed by atoms with Gasteiger partial charge in [0.15, 0.2) is 5.82 Å². The maximum Gasteiger partial charge on any atom is 0.277 e. The predicted molar refractivity (Wildman–Crippen MR) is 91.5 cm³/mol. The zero-order chi connectivity index (χ0) is 17.8. The lowest BCUT2D eigenvalue weighted by Gasteiger charge is -2.06. The Kier molecular flexibility index (Phi) is 5.03. The monoisotopic (exact) mass is 360 g/mol. The molecule has 0 aliphatic carbocycles. The summed E-state index contributed by atoms with van der Waals surface area (Å²) >= 11 is 1.17. The number of nitrogens with zero attached hydrogens (tertiary/aromatic N) is 3. The lowest BCUT2D eigenvalue weighted by molar-refractivity contribution is -0.115. The lowest BCUT2D eigenvalue weighted by atomic mass is 10.2. The van der Waals surface area contributed by atoms with Gasteiger partial charge in [-0.2, -0.15) is 0 Å². The van der Waals surface area contributed by atoms with E-state index in [0.29, 0.717) is 22.7 Å². The second-order valence-electron chi connectivity index (χ2n) is 5.17. The molecular weight excluding hydrogens is 344 g/mol. The fourth-order valence-electron chi connectivity index (χ4n) is 1.97. The highest BCUT2D eigenvalue weighted by Gasteiger charge is 2.20. The summed E-state index contributed by atoms with van der Waals surface area (Å²) in [6.45, 7) is 3.49. The van der Waals surface area contributed by atoms with Gasteiger partial charge in [0.1, 0.15) is 11.5 Å². The van der Waals surface area contributed by atoms with Gasteiger partial charge >= 0.3 is 0 Å². The van der Waals surface area contributed by atoms with E-state index >= 15 is 0 Å². The van der Waals surface area contributed by atoms with Gasteiger partial charge in [-0.25, -0.2) is 0 Å². The first-order valence-corrected chi connectivity index (χ1v) is 8.32. The van der Waals surface area contributed by atoms with Gasteiger partial charge in [0.2, 0.25) is 11.8 Å². The van der Waals surface area contributed by atoms with Crippen molar-refractivity contribution in [3.05, 3.63) is 36.1 Å². The number of carbonyl (C=O) groups excluding carboxylic acids is 1. The van der Waals surface area contributed by atoms with Crippen molar-refractivity contribution in [1.29, 1.82) is 0 Å². The van der Waals surface area contributed by atoms with Crippen LogP contribution in [0.5, 0.6) is 5.75 Å². The van der Waals surface area contributed by atoms with Crippen molar-refractivity contribution < 1.29 is 18.5 Å². The van der Waals surface area contributed by atoms with Crippen LogP contribution in [0.2, 0.25) is 0 Å². The van der Waals surface area contributed by atoms with Gasteiger partial charge in [0.05, 0.1) is 12.4 Å². The average molecular weight is 360 g/mol. The van der Waals surface area contributed by atoms with Crippen molar-refractivity contribution in [3.8, 4) is 17.2 Å². The summed E-state index contributed by atoms with van der Waals surface area (Å²) in [6, 6.07) is 8.90. The smallest absolute Gasteiger partial charge is 0.277 e. The van der Waals surface area contributed by atoms with Gasteiger partial charge in [-0.15, -0.1) is 10.2 Å². The Morgan fingerprint density at radius 2 is 2.04 bits per heavy atom. The number of amides is 1. The maximum atomic E-state index is 12.2. The number of aryl methyl sites for hydroxylation is 1. The molecule has 2 heterocycles. The highest BCUT2D eigenvalue weighted by atomic mass is 32.2. The van der Waals surface area contributed by atoms with E-state index in [9.17, 15) is 4.79 Å². The second kappa shape index (κ2) is 7.39. The van der Waals surface area contributed by atoms with Gasteiger partial charge in [0.25, 0.3) is 5.22 Å². The summed E-state index contributed by atoms with van der Waals surface area (Å²) in [5, 5.41) is 14.2. The first-order chi connectivity index (χ1) is 12.0. The summed E-state index contributed by atoms with van der Waals surface area (Å²) in [5.74, 6) is 1.88. The van der Waals surface area contributed by atoms with Gasteiger partial charge < -0.3 is 19.0 Å². The molecule has 1 N–H and O–H groups in total. The Morgan fingerprint density at radius 3 is 2.68 bits per heavy atom. The zero-order valence-electron chi connectivity index (χ0n) is 13.8. The molecule has 25 heavy (non-hydrogen) atoms. The Hall–Kier alpha value is -2.81. The molecular formula is C16H16N4O4S. The van der Waals surface area contributed by atoms with Crippen molar-refractivity contribution in [2.24, 2.45) is 0 Å². The third-order valence-electron chi connectivity index (χ3n) is 3.27. The van der Waals surface area contributed by atoms with Crippen molar-refractivity contribution in [3.63, 3.8) is 0 Å². The van der Waals surface area contributed by atoms with Crippen LogP contribution in [0.1, 0.15) is 12.7 Å². The first kappa shape index (κ1) is 17.0. The number of anilines is 1. The summed E-state index contributed by atoms with van der Waals surface area (Å²) in [5.41, 5.74) is 0.773. The van der Waals surface area contributed by atoms with E-state index < -0.39 is 5.25 Å². The number of carbonyl (C=O) groups is 1. The minimum absolute atomic E-state index is 0.234. The topological polar surface area (TPSA) is 103 Å². The molecule has 2 aromatic heterocycles. The Morgan fingerprint density at radius 1 is 1.28 bits per heavy atom. The van der Waals surface area contributed by atoms with Crippen molar-refractivity contribution in [1.82, 2.24) is 15.4 Å². The van der Waals surface area contributed by atoms with Crippen LogP contribution in [-0.4, -0.2) is 33.6 Å². The molecule has 0 saturated heterocycles. The molecule has 0 aliphatic heterocycles. The van der Waals surface area contributed by atoms with Gasteiger partial charge in [-0.05, 0) is 38.1 Å². The van der Waals surface area contributed by atoms with Crippen molar-refractivity contribution >= 4 is 23.5 Å². The van der Waals surface area contributed by atoms with Gasteiger partial charge in [-0.1, -0.05) is 16.9 Å². The van der Waals surface area contributed by atoms with Crippen LogP contribution in [0.15, 0.2) is 44.5 Å². The molecule has 0 saturated carbocycles. The summed E-state index contributed by atoms with van der Waals surface area (Å²) in [6.07, 6.45) is 0. The molecule has 8 nitrogen and oxygen atoms in total. The number of ether oxygens (including phenoxy) is 1. The molecule has 0 spiro atoms. The normalized spacial score (nSPS) is 12.0. The minimum atomic E-state index is -0.443. The number of hydrogen-bond donors (Lipinski definition) is 1. The van der Waals surface area contributed by atoms with E-state index in [4.69, 9.17) is 13.7 Å². The molecule has 1 atom stereocenters. The predicted octanol–water partition coefficient (Wildman–Crippen LogP) is 3.16. The van der Waals surface area contributed by atoms with E-state index in [1.54, 1.807) is 27.0 Å². The molecule has 1 aromatic carbocycles. The van der Waals surface area contributed by atoms with Crippen molar-refractivity contribution in [2.45, 2.75) is 24.3 Å². The summed E-state index contributed by atoms with van der Waals surface area (Å²) in [4.78, 5) is 12.2. The molecule has 0 bridgehead atoms. The summed E-state index contributed by atoms with van der Waals surface area (Å²) in [7, 11) is 1.60. The van der Waals surface area contributed by atoms with Crippen LogP contribution in [0, 0.1) is 6.92 Å². The fourth-order valence-corrected chi connectivity index (χ4v) is 2.65. The molecule has 1 amide bonds. The van der Waals surface area contributed by atoms with E-state index in [2.05, 4.69) is 20.7 Å². The van der Waals surface area contributed by atoms with Gasteiger partial charge in [-0.3, -0.25) is 4.79 Å². The molecule has 0 fully saturated rings. The van der Waals surface area contributed by atoms with E-state index in [-0.39, 0.29) is 5.91 Å². The van der Waals surface area contributed by atoms with Crippen LogP contribution >= 0.6 is 11.8 Å². The van der Waals surface area contributed by atoms with E-state index in [1.165, 1.54) is 11.8 Å². The number of benzene rings is 1. The number of aromatic nitrogens is 3. The Balaban J connectivity index is 1.62. The quantitative estimate of drug-likeness (QED) is 0.669. The zero-order valence-corrected chi connectivity index (χ0v) is 14.7. The van der Waals surface area contributed by atoms with E-state index in [0.717, 1.165) is 11.3 Å². The fraction of sp³-hybridized carbons (Fsp3) is 0.250. The Bertz CT molecular complexity index is 859. The highest BCUT2D eigenvalue weighted by Crippen LogP contribution is 2.27. The molecule has 3 aromatic rings. The number of thioether (sulfide) groups is 1. The SMILES string of the molecule is COc1ccc(-c2nnc(SC(C)C(=O)Nc3cc(C)on3)o2)cc1. The maximum absolute atomic E-state index is 12.2. The second-order valence-corrected chi connectivity index (χ2v) is 6.47. The molecule has 0 radical (unpaired) electrons. The average Bonchev–Trinajstić information content (AvgIpc) is 3.24.